The molecule has 0 spiro atoms. The molecule has 0 fully saturated rings. The number of hydrogen-bond donors (Lipinski definition) is 1. The van der Waals surface area contributed by atoms with Gasteiger partial charge < -0.3 is 9.84 Å². The second-order valence-corrected chi connectivity index (χ2v) is 3.75. The van der Waals surface area contributed by atoms with Crippen LogP contribution in [0, 0.1) is 0 Å². The van der Waals surface area contributed by atoms with Crippen molar-refractivity contribution >= 4 is 11.9 Å². The predicted molar refractivity (Wildman–Crippen MR) is 77.8 cm³/mol. The van der Waals surface area contributed by atoms with Crippen LogP contribution in [0.3, 0.4) is 0 Å². The van der Waals surface area contributed by atoms with Gasteiger partial charge in [-0.25, -0.2) is 14.3 Å². The molecule has 0 bridgehead atoms. The van der Waals surface area contributed by atoms with E-state index in [0.717, 1.165) is 0 Å². The maximum Gasteiger partial charge on any atom is 0.341 e. The maximum atomic E-state index is 11.5. The number of carbonyl (C=O) groups excluding carboxylic acids is 1. The molecule has 0 saturated heterocycles. The summed E-state index contributed by atoms with van der Waals surface area (Å²) in [5.74, 6) is -1.47. The first-order valence-corrected chi connectivity index (χ1v) is 6.67. The zero-order chi connectivity index (χ0) is 15.8. The molecule has 2 aromatic rings. The number of aromatic nitrogens is 2. The molecule has 112 valence electrons. The van der Waals surface area contributed by atoms with E-state index in [0.29, 0.717) is 17.9 Å². The molecule has 2 rings (SSSR count). The number of rotatable bonds is 4. The average Bonchev–Trinajstić information content (AvgIpc) is 3.00. The zero-order valence-electron chi connectivity index (χ0n) is 12.2. The molecule has 1 aromatic heterocycles. The number of carbonyl (C=O) groups is 2. The van der Waals surface area contributed by atoms with E-state index < -0.39 is 11.9 Å². The minimum Gasteiger partial charge on any atom is -0.478 e. The van der Waals surface area contributed by atoms with Crippen molar-refractivity contribution in [3.63, 3.8) is 0 Å². The Balaban J connectivity index is 0.00000106. The molecule has 1 N–H and O–H groups in total. The highest BCUT2D eigenvalue weighted by molar-refractivity contribution is 5.89. The van der Waals surface area contributed by atoms with E-state index in [1.165, 1.54) is 29.2 Å². The van der Waals surface area contributed by atoms with Crippen molar-refractivity contribution in [2.75, 3.05) is 6.61 Å². The van der Waals surface area contributed by atoms with Gasteiger partial charge in [0.2, 0.25) is 0 Å². The molecule has 0 unspecified atom stereocenters. The van der Waals surface area contributed by atoms with Gasteiger partial charge in [-0.3, -0.25) is 0 Å². The van der Waals surface area contributed by atoms with Gasteiger partial charge in [0.1, 0.15) is 0 Å². The summed E-state index contributed by atoms with van der Waals surface area (Å²) in [6.45, 7) is 6.01. The number of aromatic carboxylic acids is 1. The standard InChI is InChI=1S/C13H12N2O4.C2H6/c1-2-19-13(18)10-7-14-15(8-10)11-5-3-4-9(6-11)12(16)17;1-2/h3-8H,2H2,1H3,(H,16,17);1-2H3. The smallest absolute Gasteiger partial charge is 0.341 e. The second kappa shape index (κ2) is 7.84. The van der Waals surface area contributed by atoms with E-state index >= 15 is 0 Å². The Morgan fingerprint density at radius 2 is 2.00 bits per heavy atom. The molecule has 0 amide bonds. The van der Waals surface area contributed by atoms with Crippen LogP contribution in [0.15, 0.2) is 36.7 Å². The number of carboxylic acid groups (broad SMARTS) is 1. The summed E-state index contributed by atoms with van der Waals surface area (Å²) in [5, 5.41) is 12.9. The van der Waals surface area contributed by atoms with Crippen LogP contribution in [-0.4, -0.2) is 33.4 Å². The summed E-state index contributed by atoms with van der Waals surface area (Å²) in [6, 6.07) is 6.28. The van der Waals surface area contributed by atoms with E-state index in [1.807, 2.05) is 13.8 Å². The summed E-state index contributed by atoms with van der Waals surface area (Å²) in [7, 11) is 0. The van der Waals surface area contributed by atoms with Gasteiger partial charge in [0, 0.05) is 6.20 Å². The van der Waals surface area contributed by atoms with Crippen molar-refractivity contribution < 1.29 is 19.4 Å². The summed E-state index contributed by atoms with van der Waals surface area (Å²) in [6.07, 6.45) is 2.88. The number of esters is 1. The Labute approximate surface area is 123 Å². The van der Waals surface area contributed by atoms with Crippen LogP contribution >= 0.6 is 0 Å². The fourth-order valence-electron chi connectivity index (χ4n) is 1.57. The highest BCUT2D eigenvalue weighted by atomic mass is 16.5. The third-order valence-corrected chi connectivity index (χ3v) is 2.45. The lowest BCUT2D eigenvalue weighted by molar-refractivity contribution is 0.0525. The SMILES string of the molecule is CC.CCOC(=O)c1cnn(-c2cccc(C(=O)O)c2)c1. The molecule has 1 heterocycles. The minimum atomic E-state index is -1.01. The normalized spacial score (nSPS) is 9.48. The Morgan fingerprint density at radius 1 is 1.29 bits per heavy atom. The van der Waals surface area contributed by atoms with E-state index in [2.05, 4.69) is 5.10 Å². The van der Waals surface area contributed by atoms with Crippen LogP contribution in [0.1, 0.15) is 41.5 Å². The Hall–Kier alpha value is -2.63. The van der Waals surface area contributed by atoms with Crippen molar-refractivity contribution in [1.29, 1.82) is 0 Å². The minimum absolute atomic E-state index is 0.158. The van der Waals surface area contributed by atoms with Gasteiger partial charge in [0.15, 0.2) is 0 Å². The van der Waals surface area contributed by atoms with Gasteiger partial charge >= 0.3 is 11.9 Å². The largest absolute Gasteiger partial charge is 0.478 e. The maximum absolute atomic E-state index is 11.5. The monoisotopic (exact) mass is 290 g/mol. The van der Waals surface area contributed by atoms with E-state index in [1.54, 1.807) is 19.1 Å². The molecule has 0 atom stereocenters. The molecule has 0 aliphatic rings. The molecule has 0 saturated carbocycles. The highest BCUT2D eigenvalue weighted by Crippen LogP contribution is 2.11. The second-order valence-electron chi connectivity index (χ2n) is 3.75. The number of hydrogen-bond acceptors (Lipinski definition) is 4. The Bertz CT molecular complexity index is 620. The number of ether oxygens (including phenoxy) is 1. The molecule has 6 nitrogen and oxygen atoms in total. The van der Waals surface area contributed by atoms with Gasteiger partial charge in [-0.1, -0.05) is 19.9 Å². The fraction of sp³-hybridized carbons (Fsp3) is 0.267. The molecule has 1 aromatic carbocycles. The average molecular weight is 290 g/mol. The highest BCUT2D eigenvalue weighted by Gasteiger charge is 2.11. The summed E-state index contributed by atoms with van der Waals surface area (Å²) < 4.78 is 6.28. The van der Waals surface area contributed by atoms with Crippen molar-refractivity contribution in [3.05, 3.63) is 47.8 Å². The van der Waals surface area contributed by atoms with Crippen LogP contribution in [0.4, 0.5) is 0 Å². The van der Waals surface area contributed by atoms with Gasteiger partial charge in [0.25, 0.3) is 0 Å². The lowest BCUT2D eigenvalue weighted by Crippen LogP contribution is -2.03. The molecule has 21 heavy (non-hydrogen) atoms. The van der Waals surface area contributed by atoms with Crippen molar-refractivity contribution in [2.24, 2.45) is 0 Å². The lowest BCUT2D eigenvalue weighted by Gasteiger charge is -2.02. The van der Waals surface area contributed by atoms with Crippen LogP contribution in [0.2, 0.25) is 0 Å². The Kier molecular flexibility index (Phi) is 6.13. The number of carboxylic acids is 1. The predicted octanol–water partition coefficient (Wildman–Crippen LogP) is 2.77. The first-order chi connectivity index (χ1) is 10.1. The van der Waals surface area contributed by atoms with E-state index in [-0.39, 0.29) is 5.56 Å². The third kappa shape index (κ3) is 4.17. The van der Waals surface area contributed by atoms with Crippen LogP contribution in [0.5, 0.6) is 0 Å². The van der Waals surface area contributed by atoms with Crippen LogP contribution < -0.4 is 0 Å². The summed E-state index contributed by atoms with van der Waals surface area (Å²) in [4.78, 5) is 22.4. The van der Waals surface area contributed by atoms with Crippen molar-refractivity contribution in [1.82, 2.24) is 9.78 Å². The van der Waals surface area contributed by atoms with E-state index in [9.17, 15) is 9.59 Å². The number of benzene rings is 1. The zero-order valence-corrected chi connectivity index (χ0v) is 12.2. The first-order valence-electron chi connectivity index (χ1n) is 6.67. The summed E-state index contributed by atoms with van der Waals surface area (Å²) in [5.41, 5.74) is 1.05. The van der Waals surface area contributed by atoms with Crippen molar-refractivity contribution in [2.45, 2.75) is 20.8 Å². The molecule has 6 heteroatoms. The van der Waals surface area contributed by atoms with E-state index in [4.69, 9.17) is 9.84 Å². The first kappa shape index (κ1) is 16.4. The molecular formula is C15H18N2O4. The van der Waals surface area contributed by atoms with Gasteiger partial charge in [-0.05, 0) is 25.1 Å². The molecule has 0 aliphatic carbocycles. The van der Waals surface area contributed by atoms with Gasteiger partial charge in [0.05, 0.1) is 29.6 Å². The summed E-state index contributed by atoms with van der Waals surface area (Å²) >= 11 is 0. The number of nitrogens with zero attached hydrogens (tertiary/aromatic N) is 2. The molecule has 0 radical (unpaired) electrons. The van der Waals surface area contributed by atoms with Crippen LogP contribution in [0.25, 0.3) is 5.69 Å². The van der Waals surface area contributed by atoms with Crippen molar-refractivity contribution in [3.8, 4) is 5.69 Å². The molecular weight excluding hydrogens is 272 g/mol. The van der Waals surface area contributed by atoms with Gasteiger partial charge in [-0.15, -0.1) is 0 Å². The lowest BCUT2D eigenvalue weighted by atomic mass is 10.2. The quantitative estimate of drug-likeness (QED) is 0.876. The molecule has 0 aliphatic heterocycles. The fourth-order valence-corrected chi connectivity index (χ4v) is 1.57. The van der Waals surface area contributed by atoms with Gasteiger partial charge in [-0.2, -0.15) is 5.10 Å². The Morgan fingerprint density at radius 3 is 2.62 bits per heavy atom. The van der Waals surface area contributed by atoms with Crippen LogP contribution in [-0.2, 0) is 4.74 Å². The topological polar surface area (TPSA) is 81.4 Å². The third-order valence-electron chi connectivity index (χ3n) is 2.45.